The molecule has 1 heterocycles. The Morgan fingerprint density at radius 1 is 1.22 bits per heavy atom. The Bertz CT molecular complexity index is 708. The fraction of sp³-hybridized carbons (Fsp3) is 0.650. The molecule has 0 spiro atoms. The van der Waals surface area contributed by atoms with Crippen LogP contribution in [0.5, 0.6) is 5.75 Å². The molecule has 7 heteroatoms. The summed E-state index contributed by atoms with van der Waals surface area (Å²) in [6.07, 6.45) is 1.99. The summed E-state index contributed by atoms with van der Waals surface area (Å²) in [4.78, 5) is 12.8. The summed E-state index contributed by atoms with van der Waals surface area (Å²) in [7, 11) is -1.54. The lowest BCUT2D eigenvalue weighted by Crippen LogP contribution is -2.44. The van der Waals surface area contributed by atoms with Crippen molar-refractivity contribution >= 4 is 15.9 Å². The molecule has 0 bridgehead atoms. The summed E-state index contributed by atoms with van der Waals surface area (Å²) in [6.45, 7) is 6.77. The van der Waals surface area contributed by atoms with Crippen LogP contribution in [-0.2, 0) is 14.8 Å². The average molecular weight is 397 g/mol. The second-order valence-corrected chi connectivity index (χ2v) is 9.80. The molecule has 1 saturated heterocycles. The Labute approximate surface area is 163 Å². The van der Waals surface area contributed by atoms with Gasteiger partial charge in [-0.05, 0) is 49.8 Å². The zero-order chi connectivity index (χ0) is 20.0. The van der Waals surface area contributed by atoms with Crippen molar-refractivity contribution in [3.05, 3.63) is 29.8 Å². The van der Waals surface area contributed by atoms with E-state index >= 15 is 0 Å². The van der Waals surface area contributed by atoms with Gasteiger partial charge < -0.3 is 10.1 Å². The lowest BCUT2D eigenvalue weighted by Gasteiger charge is -2.31. The molecule has 0 aromatic heterocycles. The Hall–Kier alpha value is -1.60. The van der Waals surface area contributed by atoms with Crippen molar-refractivity contribution in [3.63, 3.8) is 0 Å². The van der Waals surface area contributed by atoms with E-state index in [2.05, 4.69) is 19.2 Å². The van der Waals surface area contributed by atoms with Gasteiger partial charge in [0.15, 0.2) is 0 Å². The topological polar surface area (TPSA) is 75.7 Å². The second kappa shape index (κ2) is 9.55. The maximum atomic E-state index is 12.8. The first-order valence-electron chi connectivity index (χ1n) is 9.69. The number of piperidine rings is 1. The van der Waals surface area contributed by atoms with E-state index in [9.17, 15) is 13.2 Å². The number of nitrogens with zero attached hydrogens (tertiary/aromatic N) is 1. The first kappa shape index (κ1) is 21.7. The molecule has 6 nitrogen and oxygen atoms in total. The second-order valence-electron chi connectivity index (χ2n) is 7.54. The Balaban J connectivity index is 2.01. The number of rotatable bonds is 8. The highest BCUT2D eigenvalue weighted by Crippen LogP contribution is 2.26. The SMILES string of the molecule is CCS(=O)(=O)N1CCC(C(=O)NC(CC(C)C)c2ccc(OC)cc2)CC1. The zero-order valence-corrected chi connectivity index (χ0v) is 17.6. The quantitative estimate of drug-likeness (QED) is 0.733. The van der Waals surface area contributed by atoms with Gasteiger partial charge in [-0.25, -0.2) is 12.7 Å². The highest BCUT2D eigenvalue weighted by Gasteiger charge is 2.31. The Morgan fingerprint density at radius 3 is 2.30 bits per heavy atom. The lowest BCUT2D eigenvalue weighted by molar-refractivity contribution is -0.127. The molecule has 27 heavy (non-hydrogen) atoms. The summed E-state index contributed by atoms with van der Waals surface area (Å²) < 4.78 is 30.7. The van der Waals surface area contributed by atoms with Crippen molar-refractivity contribution in [2.75, 3.05) is 26.0 Å². The molecular weight excluding hydrogens is 364 g/mol. The predicted octanol–water partition coefficient (Wildman–Crippen LogP) is 2.96. The molecular formula is C20H32N2O4S. The van der Waals surface area contributed by atoms with Gasteiger partial charge in [0, 0.05) is 19.0 Å². The molecule has 1 fully saturated rings. The molecule has 1 aromatic rings. The number of hydrogen-bond donors (Lipinski definition) is 1. The van der Waals surface area contributed by atoms with Crippen LogP contribution in [0.25, 0.3) is 0 Å². The van der Waals surface area contributed by atoms with Crippen molar-refractivity contribution in [1.82, 2.24) is 9.62 Å². The van der Waals surface area contributed by atoms with E-state index in [1.807, 2.05) is 24.3 Å². The third-order valence-electron chi connectivity index (χ3n) is 5.12. The molecule has 1 aliphatic heterocycles. The average Bonchev–Trinajstić information content (AvgIpc) is 2.67. The number of hydrogen-bond acceptors (Lipinski definition) is 4. The molecule has 2 rings (SSSR count). The fourth-order valence-electron chi connectivity index (χ4n) is 3.45. The first-order chi connectivity index (χ1) is 12.8. The summed E-state index contributed by atoms with van der Waals surface area (Å²) in [5.74, 6) is 1.22. The standard InChI is InChI=1S/C20H32N2O4S/c1-5-27(24,25)22-12-10-17(11-13-22)20(23)21-19(14-15(2)3)16-6-8-18(26-4)9-7-16/h6-9,15,17,19H,5,10-14H2,1-4H3,(H,21,23). The van der Waals surface area contributed by atoms with E-state index < -0.39 is 10.0 Å². The highest BCUT2D eigenvalue weighted by molar-refractivity contribution is 7.89. The predicted molar refractivity (Wildman–Crippen MR) is 107 cm³/mol. The largest absolute Gasteiger partial charge is 0.497 e. The fourth-order valence-corrected chi connectivity index (χ4v) is 4.59. The smallest absolute Gasteiger partial charge is 0.223 e. The van der Waals surface area contributed by atoms with Gasteiger partial charge in [0.2, 0.25) is 15.9 Å². The van der Waals surface area contributed by atoms with Crippen LogP contribution in [0.15, 0.2) is 24.3 Å². The van der Waals surface area contributed by atoms with Crippen molar-refractivity contribution < 1.29 is 17.9 Å². The minimum atomic E-state index is -3.17. The van der Waals surface area contributed by atoms with Gasteiger partial charge in [0.1, 0.15) is 5.75 Å². The molecule has 1 aromatic carbocycles. The van der Waals surface area contributed by atoms with Crippen LogP contribution in [0, 0.1) is 11.8 Å². The van der Waals surface area contributed by atoms with Crippen LogP contribution in [0.2, 0.25) is 0 Å². The van der Waals surface area contributed by atoms with Gasteiger partial charge in [-0.1, -0.05) is 26.0 Å². The molecule has 0 saturated carbocycles. The lowest BCUT2D eigenvalue weighted by atomic mass is 9.93. The summed E-state index contributed by atoms with van der Waals surface area (Å²) in [5, 5.41) is 3.19. The minimum Gasteiger partial charge on any atom is -0.497 e. The number of methoxy groups -OCH3 is 1. The normalized spacial score (nSPS) is 17.7. The van der Waals surface area contributed by atoms with Crippen LogP contribution in [0.4, 0.5) is 0 Å². The third kappa shape index (κ3) is 5.94. The van der Waals surface area contributed by atoms with Crippen molar-refractivity contribution in [1.29, 1.82) is 0 Å². The molecule has 1 N–H and O–H groups in total. The van der Waals surface area contributed by atoms with Gasteiger partial charge in [-0.3, -0.25) is 4.79 Å². The van der Waals surface area contributed by atoms with E-state index in [4.69, 9.17) is 4.74 Å². The molecule has 152 valence electrons. The highest BCUT2D eigenvalue weighted by atomic mass is 32.2. The van der Waals surface area contributed by atoms with Crippen LogP contribution in [0.3, 0.4) is 0 Å². The van der Waals surface area contributed by atoms with Crippen molar-refractivity contribution in [2.24, 2.45) is 11.8 Å². The number of carbonyl (C=O) groups excluding carboxylic acids is 1. The van der Waals surface area contributed by atoms with Gasteiger partial charge in [-0.2, -0.15) is 0 Å². The monoisotopic (exact) mass is 396 g/mol. The van der Waals surface area contributed by atoms with Crippen LogP contribution >= 0.6 is 0 Å². The minimum absolute atomic E-state index is 0.0185. The van der Waals surface area contributed by atoms with Crippen molar-refractivity contribution in [3.8, 4) is 5.75 Å². The van der Waals surface area contributed by atoms with Gasteiger partial charge in [0.25, 0.3) is 0 Å². The van der Waals surface area contributed by atoms with Gasteiger partial charge in [0.05, 0.1) is 18.9 Å². The van der Waals surface area contributed by atoms with Crippen LogP contribution in [0.1, 0.15) is 51.6 Å². The van der Waals surface area contributed by atoms with E-state index in [0.29, 0.717) is 31.8 Å². The van der Waals surface area contributed by atoms with E-state index in [0.717, 1.165) is 17.7 Å². The number of carbonyl (C=O) groups is 1. The van der Waals surface area contributed by atoms with Crippen LogP contribution in [-0.4, -0.2) is 44.6 Å². The zero-order valence-electron chi connectivity index (χ0n) is 16.8. The summed E-state index contributed by atoms with van der Waals surface area (Å²) >= 11 is 0. The Kier molecular flexibility index (Phi) is 7.68. The summed E-state index contributed by atoms with van der Waals surface area (Å²) in [5.41, 5.74) is 1.06. The first-order valence-corrected chi connectivity index (χ1v) is 11.3. The molecule has 1 atom stereocenters. The molecule has 1 unspecified atom stereocenters. The number of nitrogens with one attached hydrogen (secondary N) is 1. The molecule has 1 amide bonds. The number of amides is 1. The molecule has 0 aliphatic carbocycles. The Morgan fingerprint density at radius 2 is 1.81 bits per heavy atom. The van der Waals surface area contributed by atoms with E-state index in [1.165, 1.54) is 4.31 Å². The van der Waals surface area contributed by atoms with Crippen LogP contribution < -0.4 is 10.1 Å². The summed E-state index contributed by atoms with van der Waals surface area (Å²) in [6, 6.07) is 7.73. The number of ether oxygens (including phenoxy) is 1. The molecule has 0 radical (unpaired) electrons. The maximum absolute atomic E-state index is 12.8. The van der Waals surface area contributed by atoms with E-state index in [1.54, 1.807) is 14.0 Å². The van der Waals surface area contributed by atoms with E-state index in [-0.39, 0.29) is 23.6 Å². The van der Waals surface area contributed by atoms with Crippen molar-refractivity contribution in [2.45, 2.75) is 46.1 Å². The molecule has 1 aliphatic rings. The maximum Gasteiger partial charge on any atom is 0.223 e. The number of sulfonamides is 1. The van der Waals surface area contributed by atoms with Gasteiger partial charge in [-0.15, -0.1) is 0 Å². The number of benzene rings is 1. The third-order valence-corrected chi connectivity index (χ3v) is 7.01. The van der Waals surface area contributed by atoms with Gasteiger partial charge >= 0.3 is 0 Å².